The smallest absolute Gasteiger partial charge is 0.170 e. The van der Waals surface area contributed by atoms with Crippen LogP contribution in [0.4, 0.5) is 0 Å². The summed E-state index contributed by atoms with van der Waals surface area (Å²) in [4.78, 5) is 0. The molecule has 0 radical (unpaired) electrons. The van der Waals surface area contributed by atoms with E-state index in [-0.39, 0.29) is 12.4 Å². The molecule has 0 heterocycles. The zero-order valence-corrected chi connectivity index (χ0v) is 11.9. The van der Waals surface area contributed by atoms with Crippen LogP contribution in [0.15, 0.2) is 47.6 Å². The van der Waals surface area contributed by atoms with Crippen LogP contribution in [-0.2, 0) is 6.61 Å². The Morgan fingerprint density at radius 1 is 1.20 bits per heavy atom. The molecule has 2 rings (SSSR count). The third-order valence-electron chi connectivity index (χ3n) is 2.66. The number of amidine groups is 1. The van der Waals surface area contributed by atoms with Gasteiger partial charge >= 0.3 is 0 Å². The fourth-order valence-electron chi connectivity index (χ4n) is 1.62. The Bertz CT molecular complexity index is 645. The Hall–Kier alpha value is -1.91. The lowest BCUT2D eigenvalue weighted by Gasteiger charge is -2.09. The molecule has 0 fully saturated rings. The summed E-state index contributed by atoms with van der Waals surface area (Å²) in [6.45, 7) is 0.277. The van der Waals surface area contributed by atoms with Crippen LogP contribution in [0, 0.1) is 0 Å². The van der Waals surface area contributed by atoms with Crippen molar-refractivity contribution in [1.29, 1.82) is 0 Å². The van der Waals surface area contributed by atoms with Crippen LogP contribution in [0.3, 0.4) is 0 Å². The molecule has 0 aliphatic heterocycles. The fraction of sp³-hybridized carbons (Fsp3) is 0.0714. The number of nitrogens with two attached hydrogens (primary N) is 1. The van der Waals surface area contributed by atoms with Crippen LogP contribution in [-0.4, -0.2) is 11.0 Å². The van der Waals surface area contributed by atoms with E-state index in [9.17, 15) is 0 Å². The molecule has 0 saturated heterocycles. The van der Waals surface area contributed by atoms with E-state index in [1.807, 2.05) is 6.07 Å². The van der Waals surface area contributed by atoms with E-state index in [1.54, 1.807) is 36.4 Å². The molecule has 0 aromatic heterocycles. The standard InChI is InChI=1S/C14H12Cl2N2O2/c15-12-6-2-4-10(13(12)16)8-20-11-5-1-3-9(7-11)14(17)18-19/h1-7,19H,8H2,(H2,17,18). The number of hydrogen-bond donors (Lipinski definition) is 2. The average molecular weight is 311 g/mol. The molecule has 0 bridgehead atoms. The van der Waals surface area contributed by atoms with Gasteiger partial charge in [-0.05, 0) is 18.2 Å². The van der Waals surface area contributed by atoms with Gasteiger partial charge in [-0.2, -0.15) is 0 Å². The van der Waals surface area contributed by atoms with E-state index in [0.29, 0.717) is 21.4 Å². The molecule has 0 saturated carbocycles. The summed E-state index contributed by atoms with van der Waals surface area (Å²) in [5.74, 6) is 0.612. The van der Waals surface area contributed by atoms with Crippen molar-refractivity contribution in [1.82, 2.24) is 0 Å². The summed E-state index contributed by atoms with van der Waals surface area (Å²) in [7, 11) is 0. The molecule has 0 aliphatic carbocycles. The van der Waals surface area contributed by atoms with Crippen molar-refractivity contribution in [3.05, 3.63) is 63.6 Å². The number of halogens is 2. The maximum Gasteiger partial charge on any atom is 0.170 e. The van der Waals surface area contributed by atoms with Gasteiger partial charge in [0.2, 0.25) is 0 Å². The molecule has 0 amide bonds. The van der Waals surface area contributed by atoms with E-state index in [0.717, 1.165) is 5.56 Å². The van der Waals surface area contributed by atoms with Crippen LogP contribution in [0.1, 0.15) is 11.1 Å². The van der Waals surface area contributed by atoms with Crippen molar-refractivity contribution in [2.75, 3.05) is 0 Å². The van der Waals surface area contributed by atoms with Crippen molar-refractivity contribution in [3.8, 4) is 5.75 Å². The molecule has 104 valence electrons. The topological polar surface area (TPSA) is 67.8 Å². The minimum absolute atomic E-state index is 0.0243. The van der Waals surface area contributed by atoms with Gasteiger partial charge in [0.15, 0.2) is 5.84 Å². The highest BCUT2D eigenvalue weighted by atomic mass is 35.5. The largest absolute Gasteiger partial charge is 0.489 e. The molecule has 2 aromatic carbocycles. The van der Waals surface area contributed by atoms with Gasteiger partial charge in [0.1, 0.15) is 12.4 Å². The van der Waals surface area contributed by atoms with Crippen molar-refractivity contribution < 1.29 is 9.94 Å². The van der Waals surface area contributed by atoms with Crippen molar-refractivity contribution in [2.24, 2.45) is 10.9 Å². The minimum Gasteiger partial charge on any atom is -0.489 e. The monoisotopic (exact) mass is 310 g/mol. The SMILES string of the molecule is N/C(=N/O)c1cccc(OCc2cccc(Cl)c2Cl)c1. The molecule has 0 atom stereocenters. The zero-order valence-electron chi connectivity index (χ0n) is 10.4. The molecule has 2 aromatic rings. The van der Waals surface area contributed by atoms with Gasteiger partial charge in [0.25, 0.3) is 0 Å². The molecule has 0 unspecified atom stereocenters. The first-order valence-corrected chi connectivity index (χ1v) is 6.51. The quantitative estimate of drug-likeness (QED) is 0.392. The summed E-state index contributed by atoms with van der Waals surface area (Å²) in [5, 5.41) is 12.5. The van der Waals surface area contributed by atoms with Gasteiger partial charge in [-0.3, -0.25) is 0 Å². The Labute approximate surface area is 126 Å². The Kier molecular flexibility index (Phi) is 4.71. The maximum absolute atomic E-state index is 8.64. The highest BCUT2D eigenvalue weighted by Gasteiger charge is 2.06. The maximum atomic E-state index is 8.64. The number of oxime groups is 1. The second-order valence-electron chi connectivity index (χ2n) is 4.01. The van der Waals surface area contributed by atoms with E-state index in [1.165, 1.54) is 0 Å². The number of hydrogen-bond acceptors (Lipinski definition) is 3. The summed E-state index contributed by atoms with van der Waals surface area (Å²) in [6.07, 6.45) is 0. The first-order valence-electron chi connectivity index (χ1n) is 5.75. The minimum atomic E-state index is 0.0243. The molecular weight excluding hydrogens is 299 g/mol. The van der Waals surface area contributed by atoms with E-state index in [2.05, 4.69) is 5.16 Å². The number of ether oxygens (including phenoxy) is 1. The fourth-order valence-corrected chi connectivity index (χ4v) is 2.00. The van der Waals surface area contributed by atoms with Gasteiger partial charge < -0.3 is 15.7 Å². The second kappa shape index (κ2) is 6.50. The van der Waals surface area contributed by atoms with Gasteiger partial charge in [0.05, 0.1) is 10.0 Å². The summed E-state index contributed by atoms with van der Waals surface area (Å²) >= 11 is 12.0. The third kappa shape index (κ3) is 3.35. The Balaban J connectivity index is 2.13. The van der Waals surface area contributed by atoms with E-state index in [4.69, 9.17) is 38.9 Å². The van der Waals surface area contributed by atoms with Crippen LogP contribution < -0.4 is 10.5 Å². The molecule has 4 nitrogen and oxygen atoms in total. The molecule has 0 aliphatic rings. The van der Waals surface area contributed by atoms with E-state index >= 15 is 0 Å². The normalized spacial score (nSPS) is 11.4. The summed E-state index contributed by atoms with van der Waals surface area (Å²) < 4.78 is 5.63. The second-order valence-corrected chi connectivity index (χ2v) is 4.80. The first kappa shape index (κ1) is 14.5. The van der Waals surface area contributed by atoms with Crippen molar-refractivity contribution in [2.45, 2.75) is 6.61 Å². The van der Waals surface area contributed by atoms with Gasteiger partial charge in [-0.25, -0.2) is 0 Å². The van der Waals surface area contributed by atoms with Crippen molar-refractivity contribution >= 4 is 29.0 Å². The zero-order chi connectivity index (χ0) is 14.5. The predicted molar refractivity (Wildman–Crippen MR) is 79.7 cm³/mol. The Morgan fingerprint density at radius 2 is 1.95 bits per heavy atom. The van der Waals surface area contributed by atoms with Crippen molar-refractivity contribution in [3.63, 3.8) is 0 Å². The molecular formula is C14H12Cl2N2O2. The van der Waals surface area contributed by atoms with Crippen LogP contribution in [0.25, 0.3) is 0 Å². The van der Waals surface area contributed by atoms with Gasteiger partial charge in [-0.1, -0.05) is 52.6 Å². The Morgan fingerprint density at radius 3 is 2.70 bits per heavy atom. The van der Waals surface area contributed by atoms with Crippen LogP contribution >= 0.6 is 23.2 Å². The number of rotatable bonds is 4. The number of nitrogens with zero attached hydrogens (tertiary/aromatic N) is 1. The third-order valence-corrected chi connectivity index (χ3v) is 3.52. The van der Waals surface area contributed by atoms with E-state index < -0.39 is 0 Å². The average Bonchev–Trinajstić information content (AvgIpc) is 2.48. The van der Waals surface area contributed by atoms with Gasteiger partial charge in [-0.15, -0.1) is 0 Å². The highest BCUT2D eigenvalue weighted by Crippen LogP contribution is 2.26. The predicted octanol–water partition coefficient (Wildman–Crippen LogP) is 3.67. The lowest BCUT2D eigenvalue weighted by atomic mass is 10.2. The highest BCUT2D eigenvalue weighted by molar-refractivity contribution is 6.42. The molecule has 20 heavy (non-hydrogen) atoms. The first-order chi connectivity index (χ1) is 9.61. The molecule has 3 N–H and O–H groups in total. The lowest BCUT2D eigenvalue weighted by Crippen LogP contribution is -2.12. The molecule has 6 heteroatoms. The van der Waals surface area contributed by atoms with Gasteiger partial charge in [0, 0.05) is 11.1 Å². The summed E-state index contributed by atoms with van der Waals surface area (Å²) in [6, 6.07) is 12.3. The van der Waals surface area contributed by atoms with Crippen LogP contribution in [0.5, 0.6) is 5.75 Å². The molecule has 0 spiro atoms. The van der Waals surface area contributed by atoms with Crippen LogP contribution in [0.2, 0.25) is 10.0 Å². The lowest BCUT2D eigenvalue weighted by molar-refractivity contribution is 0.306. The summed E-state index contributed by atoms with van der Waals surface area (Å²) in [5.41, 5.74) is 6.88. The number of benzene rings is 2.